The Bertz CT molecular complexity index is 534. The third kappa shape index (κ3) is 7.49. The summed E-state index contributed by atoms with van der Waals surface area (Å²) in [6.07, 6.45) is 4.25. The van der Waals surface area contributed by atoms with Crippen LogP contribution in [0.1, 0.15) is 33.3 Å². The fourth-order valence-electron chi connectivity index (χ4n) is 2.01. The number of nitrogens with zero attached hydrogens (tertiary/aromatic N) is 1. The van der Waals surface area contributed by atoms with E-state index in [1.807, 2.05) is 44.2 Å². The number of carbonyl (C=O) groups is 2. The van der Waals surface area contributed by atoms with Crippen LogP contribution in [-0.4, -0.2) is 36.0 Å². The topological polar surface area (TPSA) is 55.8 Å². The molecule has 0 radical (unpaired) electrons. The summed E-state index contributed by atoms with van der Waals surface area (Å²) in [5.41, 5.74) is 1.08. The quantitative estimate of drug-likeness (QED) is 0.691. The van der Waals surface area contributed by atoms with Crippen LogP contribution in [0.3, 0.4) is 0 Å². The van der Waals surface area contributed by atoms with Crippen molar-refractivity contribution >= 4 is 11.9 Å². The zero-order valence-corrected chi connectivity index (χ0v) is 14.2. The van der Waals surface area contributed by atoms with E-state index in [1.165, 1.54) is 6.92 Å². The highest BCUT2D eigenvalue weighted by Crippen LogP contribution is 2.13. The first kappa shape index (κ1) is 18.7. The molecule has 0 N–H and O–H groups in total. The summed E-state index contributed by atoms with van der Waals surface area (Å²) in [6, 6.07) is 7.77. The van der Waals surface area contributed by atoms with Gasteiger partial charge in [-0.25, -0.2) is 0 Å². The second-order valence-electron chi connectivity index (χ2n) is 5.45. The average Bonchev–Trinajstić information content (AvgIpc) is 2.47. The zero-order chi connectivity index (χ0) is 17.2. The highest BCUT2D eigenvalue weighted by atomic mass is 16.5. The van der Waals surface area contributed by atoms with Crippen LogP contribution >= 0.6 is 0 Å². The lowest BCUT2D eigenvalue weighted by molar-refractivity contribution is -0.140. The van der Waals surface area contributed by atoms with Crippen LogP contribution in [0.2, 0.25) is 0 Å². The highest BCUT2D eigenvalue weighted by molar-refractivity contribution is 5.74. The fourth-order valence-corrected chi connectivity index (χ4v) is 2.01. The van der Waals surface area contributed by atoms with Gasteiger partial charge in [-0.05, 0) is 37.6 Å². The smallest absolute Gasteiger partial charge is 0.302 e. The van der Waals surface area contributed by atoms with Crippen LogP contribution in [0.4, 0.5) is 0 Å². The summed E-state index contributed by atoms with van der Waals surface area (Å²) in [7, 11) is 0. The molecule has 0 unspecified atom stereocenters. The second kappa shape index (κ2) is 9.66. The maximum Gasteiger partial charge on any atom is 0.302 e. The summed E-state index contributed by atoms with van der Waals surface area (Å²) < 4.78 is 10.5. The maximum absolute atomic E-state index is 11.4. The number of hydrogen-bond donors (Lipinski definition) is 0. The van der Waals surface area contributed by atoms with E-state index in [4.69, 9.17) is 9.47 Å². The summed E-state index contributed by atoms with van der Waals surface area (Å²) in [5, 5.41) is 0. The average molecular weight is 319 g/mol. The third-order valence-corrected chi connectivity index (χ3v) is 3.15. The maximum atomic E-state index is 11.4. The number of benzene rings is 1. The van der Waals surface area contributed by atoms with E-state index in [9.17, 15) is 9.59 Å². The number of carbonyl (C=O) groups excluding carboxylic acids is 2. The van der Waals surface area contributed by atoms with Crippen LogP contribution in [0.25, 0.3) is 0 Å². The molecular formula is C18H25NO4. The Kier molecular flexibility index (Phi) is 7.88. The first-order chi connectivity index (χ1) is 10.9. The van der Waals surface area contributed by atoms with E-state index in [0.717, 1.165) is 11.3 Å². The second-order valence-corrected chi connectivity index (χ2v) is 5.45. The van der Waals surface area contributed by atoms with E-state index in [2.05, 4.69) is 0 Å². The zero-order valence-electron chi connectivity index (χ0n) is 14.2. The molecule has 0 saturated carbocycles. The Morgan fingerprint density at radius 2 is 1.83 bits per heavy atom. The van der Waals surface area contributed by atoms with Crippen molar-refractivity contribution < 1.29 is 19.1 Å². The van der Waals surface area contributed by atoms with Crippen molar-refractivity contribution in [1.29, 1.82) is 0 Å². The SMILES string of the molecule is CC(=O)OCCc1ccc(OCC=CN(C(C)=O)C(C)C)cc1. The van der Waals surface area contributed by atoms with Crippen LogP contribution in [-0.2, 0) is 20.7 Å². The Balaban J connectivity index is 2.40. The van der Waals surface area contributed by atoms with Crippen molar-refractivity contribution in [2.75, 3.05) is 13.2 Å². The number of ether oxygens (including phenoxy) is 2. The van der Waals surface area contributed by atoms with Gasteiger partial charge in [-0.3, -0.25) is 9.59 Å². The molecule has 1 aromatic rings. The lowest BCUT2D eigenvalue weighted by Gasteiger charge is -2.20. The van der Waals surface area contributed by atoms with Crippen molar-refractivity contribution in [3.05, 3.63) is 42.1 Å². The van der Waals surface area contributed by atoms with E-state index in [0.29, 0.717) is 19.6 Å². The van der Waals surface area contributed by atoms with Gasteiger partial charge < -0.3 is 14.4 Å². The molecule has 0 heterocycles. The monoisotopic (exact) mass is 319 g/mol. The molecule has 0 aromatic heterocycles. The van der Waals surface area contributed by atoms with Gasteiger partial charge in [0.15, 0.2) is 0 Å². The third-order valence-electron chi connectivity index (χ3n) is 3.15. The fraction of sp³-hybridized carbons (Fsp3) is 0.444. The van der Waals surface area contributed by atoms with Gasteiger partial charge in [0.2, 0.25) is 5.91 Å². The molecule has 0 aliphatic rings. The Hall–Kier alpha value is -2.30. The standard InChI is InChI=1S/C18H25NO4/c1-14(2)19(15(3)20)11-5-12-23-18-8-6-17(7-9-18)10-13-22-16(4)21/h5-9,11,14H,10,12-13H2,1-4H3. The predicted octanol–water partition coefficient (Wildman–Crippen LogP) is 2.94. The van der Waals surface area contributed by atoms with Gasteiger partial charge in [-0.1, -0.05) is 12.1 Å². The lowest BCUT2D eigenvalue weighted by Crippen LogP contribution is -2.29. The predicted molar refractivity (Wildman–Crippen MR) is 89.1 cm³/mol. The molecule has 126 valence electrons. The first-order valence-corrected chi connectivity index (χ1v) is 7.71. The number of hydrogen-bond acceptors (Lipinski definition) is 4. The molecule has 1 aromatic carbocycles. The van der Waals surface area contributed by atoms with Gasteiger partial charge >= 0.3 is 5.97 Å². The van der Waals surface area contributed by atoms with Gasteiger partial charge in [0.1, 0.15) is 12.4 Å². The van der Waals surface area contributed by atoms with Gasteiger partial charge in [0.05, 0.1) is 6.61 Å². The molecular weight excluding hydrogens is 294 g/mol. The Morgan fingerprint density at radius 1 is 1.17 bits per heavy atom. The molecule has 1 rings (SSSR count). The molecule has 5 heteroatoms. The van der Waals surface area contributed by atoms with Gasteiger partial charge in [-0.15, -0.1) is 0 Å². The Morgan fingerprint density at radius 3 is 2.35 bits per heavy atom. The van der Waals surface area contributed by atoms with E-state index < -0.39 is 0 Å². The van der Waals surface area contributed by atoms with E-state index in [1.54, 1.807) is 18.0 Å². The normalized spacial score (nSPS) is 10.8. The van der Waals surface area contributed by atoms with Crippen molar-refractivity contribution in [3.8, 4) is 5.75 Å². The summed E-state index contributed by atoms with van der Waals surface area (Å²) >= 11 is 0. The van der Waals surface area contributed by atoms with Crippen LogP contribution in [0.5, 0.6) is 5.75 Å². The Labute approximate surface area is 137 Å². The molecule has 0 aliphatic heterocycles. The van der Waals surface area contributed by atoms with Gasteiger partial charge in [-0.2, -0.15) is 0 Å². The van der Waals surface area contributed by atoms with Crippen molar-refractivity contribution in [3.63, 3.8) is 0 Å². The van der Waals surface area contributed by atoms with Gasteiger partial charge in [0.25, 0.3) is 0 Å². The minimum atomic E-state index is -0.266. The molecule has 5 nitrogen and oxygen atoms in total. The molecule has 0 atom stereocenters. The highest BCUT2D eigenvalue weighted by Gasteiger charge is 2.08. The minimum absolute atomic E-state index is 0.00776. The van der Waals surface area contributed by atoms with Crippen LogP contribution in [0, 0.1) is 0 Å². The number of rotatable bonds is 8. The summed E-state index contributed by atoms with van der Waals surface area (Å²) in [6.45, 7) is 7.64. The summed E-state index contributed by atoms with van der Waals surface area (Å²) in [4.78, 5) is 23.8. The van der Waals surface area contributed by atoms with Gasteiger partial charge in [0, 0.05) is 32.5 Å². The molecule has 0 aliphatic carbocycles. The van der Waals surface area contributed by atoms with Crippen molar-refractivity contribution in [1.82, 2.24) is 4.90 Å². The van der Waals surface area contributed by atoms with Crippen LogP contribution < -0.4 is 4.74 Å². The van der Waals surface area contributed by atoms with E-state index in [-0.39, 0.29) is 17.9 Å². The molecule has 1 amide bonds. The lowest BCUT2D eigenvalue weighted by atomic mass is 10.1. The summed E-state index contributed by atoms with van der Waals surface area (Å²) in [5.74, 6) is 0.496. The van der Waals surface area contributed by atoms with E-state index >= 15 is 0 Å². The molecule has 0 saturated heterocycles. The largest absolute Gasteiger partial charge is 0.489 e. The minimum Gasteiger partial charge on any atom is -0.489 e. The van der Waals surface area contributed by atoms with Crippen molar-refractivity contribution in [2.24, 2.45) is 0 Å². The van der Waals surface area contributed by atoms with Crippen molar-refractivity contribution in [2.45, 2.75) is 40.2 Å². The number of esters is 1. The molecule has 23 heavy (non-hydrogen) atoms. The van der Waals surface area contributed by atoms with Crippen LogP contribution in [0.15, 0.2) is 36.5 Å². The molecule has 0 fully saturated rings. The molecule has 0 spiro atoms. The first-order valence-electron chi connectivity index (χ1n) is 7.71. The number of amides is 1. The molecule has 0 bridgehead atoms.